The summed E-state index contributed by atoms with van der Waals surface area (Å²) in [6.07, 6.45) is 1.48. The van der Waals surface area contributed by atoms with Gasteiger partial charge in [0.25, 0.3) is 0 Å². The van der Waals surface area contributed by atoms with Crippen LogP contribution in [0, 0.1) is 18.6 Å². The predicted octanol–water partition coefficient (Wildman–Crippen LogP) is 4.38. The molecule has 0 radical (unpaired) electrons. The third-order valence-corrected chi connectivity index (χ3v) is 4.67. The van der Waals surface area contributed by atoms with Gasteiger partial charge in [0.1, 0.15) is 11.6 Å². The highest BCUT2D eigenvalue weighted by molar-refractivity contribution is 7.11. The van der Waals surface area contributed by atoms with Crippen molar-refractivity contribution >= 4 is 11.3 Å². The minimum Gasteiger partial charge on any atom is -0.309 e. The van der Waals surface area contributed by atoms with Crippen LogP contribution in [0.15, 0.2) is 18.2 Å². The van der Waals surface area contributed by atoms with Crippen LogP contribution in [-0.2, 0) is 6.42 Å². The van der Waals surface area contributed by atoms with Crippen LogP contribution >= 0.6 is 11.3 Å². The second-order valence-corrected chi connectivity index (χ2v) is 6.26. The molecule has 5 heteroatoms. The van der Waals surface area contributed by atoms with Crippen molar-refractivity contribution in [3.05, 3.63) is 51.0 Å². The lowest BCUT2D eigenvalue weighted by atomic mass is 10.1. The second kappa shape index (κ2) is 7.09. The minimum atomic E-state index is -0.551. The van der Waals surface area contributed by atoms with Crippen LogP contribution in [0.3, 0.4) is 0 Å². The summed E-state index contributed by atoms with van der Waals surface area (Å²) in [6.45, 7) is 7.17. The number of hydrogen-bond acceptors (Lipinski definition) is 3. The zero-order chi connectivity index (χ0) is 15.4. The van der Waals surface area contributed by atoms with Crippen LogP contribution in [0.4, 0.5) is 8.78 Å². The molecule has 114 valence electrons. The van der Waals surface area contributed by atoms with E-state index >= 15 is 0 Å². The highest BCUT2D eigenvalue weighted by Crippen LogP contribution is 2.27. The van der Waals surface area contributed by atoms with Crippen LogP contribution in [0.2, 0.25) is 0 Å². The molecule has 0 fully saturated rings. The van der Waals surface area contributed by atoms with E-state index in [-0.39, 0.29) is 6.04 Å². The van der Waals surface area contributed by atoms with Gasteiger partial charge in [-0.15, -0.1) is 11.3 Å². The van der Waals surface area contributed by atoms with Gasteiger partial charge in [-0.1, -0.05) is 13.0 Å². The summed E-state index contributed by atoms with van der Waals surface area (Å²) >= 11 is 1.59. The van der Waals surface area contributed by atoms with Crippen LogP contribution in [-0.4, -0.2) is 11.5 Å². The monoisotopic (exact) mass is 310 g/mol. The Balaban J connectivity index is 2.14. The van der Waals surface area contributed by atoms with Crippen molar-refractivity contribution in [3.8, 4) is 0 Å². The number of hydrogen-bond donors (Lipinski definition) is 1. The van der Waals surface area contributed by atoms with E-state index in [2.05, 4.69) is 24.1 Å². The second-order valence-electron chi connectivity index (χ2n) is 5.15. The van der Waals surface area contributed by atoms with Crippen LogP contribution in [0.1, 0.15) is 47.5 Å². The van der Waals surface area contributed by atoms with Crippen LogP contribution < -0.4 is 5.32 Å². The molecule has 21 heavy (non-hydrogen) atoms. The summed E-state index contributed by atoms with van der Waals surface area (Å²) < 4.78 is 26.6. The van der Waals surface area contributed by atoms with Crippen molar-refractivity contribution in [2.75, 3.05) is 6.54 Å². The number of rotatable bonds is 6. The Morgan fingerprint density at radius 3 is 2.76 bits per heavy atom. The molecule has 0 saturated heterocycles. The first kappa shape index (κ1) is 16.0. The fraction of sp³-hybridized carbons (Fsp3) is 0.438. The lowest BCUT2D eigenvalue weighted by Crippen LogP contribution is -2.18. The minimum absolute atomic E-state index is 0.245. The fourth-order valence-corrected chi connectivity index (χ4v) is 3.34. The molecule has 0 bridgehead atoms. The smallest absolute Gasteiger partial charge is 0.129 e. The van der Waals surface area contributed by atoms with E-state index in [0.29, 0.717) is 12.0 Å². The Hall–Kier alpha value is -1.33. The van der Waals surface area contributed by atoms with Gasteiger partial charge in [-0.3, -0.25) is 0 Å². The largest absolute Gasteiger partial charge is 0.309 e. The van der Waals surface area contributed by atoms with E-state index in [9.17, 15) is 8.78 Å². The molecular formula is C16H20F2N2S. The van der Waals surface area contributed by atoms with E-state index in [1.165, 1.54) is 17.0 Å². The number of aryl methyl sites for hydroxylation is 1. The summed E-state index contributed by atoms with van der Waals surface area (Å²) in [6, 6.07) is 3.93. The van der Waals surface area contributed by atoms with Crippen LogP contribution in [0.5, 0.6) is 0 Å². The lowest BCUT2D eigenvalue weighted by molar-refractivity contribution is 0.574. The third kappa shape index (κ3) is 4.08. The van der Waals surface area contributed by atoms with Gasteiger partial charge in [0.2, 0.25) is 0 Å². The molecule has 0 aliphatic rings. The zero-order valence-electron chi connectivity index (χ0n) is 12.5. The summed E-state index contributed by atoms with van der Waals surface area (Å²) in [7, 11) is 0. The number of benzene rings is 1. The van der Waals surface area contributed by atoms with Gasteiger partial charge < -0.3 is 5.32 Å². The van der Waals surface area contributed by atoms with Crippen molar-refractivity contribution in [1.82, 2.24) is 10.3 Å². The van der Waals surface area contributed by atoms with E-state index in [0.717, 1.165) is 29.7 Å². The molecule has 1 atom stereocenters. The molecule has 0 aliphatic heterocycles. The van der Waals surface area contributed by atoms with Crippen molar-refractivity contribution in [3.63, 3.8) is 0 Å². The van der Waals surface area contributed by atoms with Crippen molar-refractivity contribution in [2.45, 2.75) is 39.7 Å². The Bertz CT molecular complexity index is 610. The van der Waals surface area contributed by atoms with Crippen molar-refractivity contribution in [2.24, 2.45) is 0 Å². The molecule has 0 aliphatic carbocycles. The maximum Gasteiger partial charge on any atom is 0.129 e. The highest BCUT2D eigenvalue weighted by atomic mass is 32.1. The summed E-state index contributed by atoms with van der Waals surface area (Å²) in [5, 5.41) is 4.29. The first-order valence-corrected chi connectivity index (χ1v) is 7.96. The highest BCUT2D eigenvalue weighted by Gasteiger charge is 2.15. The van der Waals surface area contributed by atoms with Gasteiger partial charge in [-0.2, -0.15) is 0 Å². The molecule has 2 nitrogen and oxygen atoms in total. The Morgan fingerprint density at radius 1 is 1.33 bits per heavy atom. The van der Waals surface area contributed by atoms with Gasteiger partial charge >= 0.3 is 0 Å². The van der Waals surface area contributed by atoms with Crippen molar-refractivity contribution in [1.29, 1.82) is 0 Å². The molecule has 1 aromatic heterocycles. The quantitative estimate of drug-likeness (QED) is 0.856. The molecular weight excluding hydrogens is 290 g/mol. The molecule has 1 unspecified atom stereocenters. The maximum atomic E-state index is 13.7. The number of thiazole rings is 1. The fourth-order valence-electron chi connectivity index (χ4n) is 2.22. The van der Waals surface area contributed by atoms with E-state index in [1.807, 2.05) is 6.92 Å². The Kier molecular flexibility index (Phi) is 5.42. The molecule has 1 heterocycles. The van der Waals surface area contributed by atoms with Gasteiger partial charge in [0, 0.05) is 23.4 Å². The molecule has 1 aromatic carbocycles. The number of nitrogens with one attached hydrogen (secondary N) is 1. The normalized spacial score (nSPS) is 12.6. The van der Waals surface area contributed by atoms with Gasteiger partial charge in [-0.25, -0.2) is 13.8 Å². The predicted molar refractivity (Wildman–Crippen MR) is 82.7 cm³/mol. The average Bonchev–Trinajstić information content (AvgIpc) is 2.80. The number of halogens is 2. The molecule has 1 N–H and O–H groups in total. The third-order valence-electron chi connectivity index (χ3n) is 3.33. The molecule has 0 amide bonds. The number of aromatic nitrogens is 1. The van der Waals surface area contributed by atoms with Crippen LogP contribution in [0.25, 0.3) is 0 Å². The van der Waals surface area contributed by atoms with Crippen molar-refractivity contribution < 1.29 is 8.78 Å². The topological polar surface area (TPSA) is 24.9 Å². The van der Waals surface area contributed by atoms with E-state index in [4.69, 9.17) is 0 Å². The van der Waals surface area contributed by atoms with Gasteiger partial charge in [0.15, 0.2) is 0 Å². The Labute approximate surface area is 128 Å². The standard InChI is InChI=1S/C16H20F2N2S/c1-4-7-19-10(2)16-11(3)20-15(21-16)8-12-5-6-13(17)9-14(12)18/h5-6,9-10,19H,4,7-8H2,1-3H3. The average molecular weight is 310 g/mol. The first-order valence-electron chi connectivity index (χ1n) is 7.14. The summed E-state index contributed by atoms with van der Waals surface area (Å²) in [5.74, 6) is -1.06. The van der Waals surface area contributed by atoms with Gasteiger partial charge in [0.05, 0.1) is 10.7 Å². The maximum absolute atomic E-state index is 13.7. The molecule has 2 aromatic rings. The zero-order valence-corrected chi connectivity index (χ0v) is 13.4. The summed E-state index contributed by atoms with van der Waals surface area (Å²) in [4.78, 5) is 5.70. The lowest BCUT2D eigenvalue weighted by Gasteiger charge is -2.11. The van der Waals surface area contributed by atoms with E-state index in [1.54, 1.807) is 11.3 Å². The van der Waals surface area contributed by atoms with Gasteiger partial charge in [-0.05, 0) is 38.4 Å². The van der Waals surface area contributed by atoms with E-state index < -0.39 is 11.6 Å². The number of nitrogens with zero attached hydrogens (tertiary/aromatic N) is 1. The molecule has 2 rings (SSSR count). The SMILES string of the molecule is CCCNC(C)c1sc(Cc2ccc(F)cc2F)nc1C. The molecule has 0 saturated carbocycles. The molecule has 0 spiro atoms. The Morgan fingerprint density at radius 2 is 2.10 bits per heavy atom. The first-order chi connectivity index (χ1) is 10.0. The summed E-state index contributed by atoms with van der Waals surface area (Å²) in [5.41, 5.74) is 1.46.